The number of benzene rings is 2. The molecule has 4 rings (SSSR count). The number of rotatable bonds is 7. The van der Waals surface area contributed by atoms with Gasteiger partial charge < -0.3 is 20.3 Å². The number of aromatic nitrogens is 4. The molecule has 4 aromatic rings. The van der Waals surface area contributed by atoms with Gasteiger partial charge in [-0.1, -0.05) is 18.2 Å². The van der Waals surface area contributed by atoms with E-state index < -0.39 is 0 Å². The Hall–Kier alpha value is -3.36. The van der Waals surface area contributed by atoms with E-state index in [1.807, 2.05) is 42.5 Å². The summed E-state index contributed by atoms with van der Waals surface area (Å²) in [5, 5.41) is 14.4. The first-order valence-electron chi connectivity index (χ1n) is 9.19. The highest BCUT2D eigenvalue weighted by Gasteiger charge is 2.10. The molecule has 9 heteroatoms. The van der Waals surface area contributed by atoms with Crippen LogP contribution in [0.3, 0.4) is 0 Å². The molecule has 0 unspecified atom stereocenters. The molecule has 154 valence electrons. The van der Waals surface area contributed by atoms with E-state index in [1.165, 1.54) is 0 Å². The Morgan fingerprint density at radius 1 is 1.07 bits per heavy atom. The smallest absolute Gasteiger partial charge is 0.226 e. The van der Waals surface area contributed by atoms with E-state index in [0.29, 0.717) is 41.5 Å². The minimum atomic E-state index is -0.0289. The van der Waals surface area contributed by atoms with Gasteiger partial charge in [0.1, 0.15) is 23.9 Å². The molecule has 3 N–H and O–H groups in total. The molecule has 0 saturated heterocycles. The Labute approximate surface area is 177 Å². The van der Waals surface area contributed by atoms with Crippen LogP contribution in [0.4, 0.5) is 5.82 Å². The molecule has 0 amide bonds. The normalized spacial score (nSPS) is 11.0. The van der Waals surface area contributed by atoms with Crippen molar-refractivity contribution in [2.24, 2.45) is 0 Å². The van der Waals surface area contributed by atoms with Gasteiger partial charge in [-0.05, 0) is 52.6 Å². The number of aliphatic hydroxyl groups excluding tert-OH is 1. The molecular weight excluding hydrogens is 406 g/mol. The third kappa shape index (κ3) is 4.45. The average molecular weight is 426 g/mol. The summed E-state index contributed by atoms with van der Waals surface area (Å²) in [5.41, 5.74) is 9.07. The summed E-state index contributed by atoms with van der Waals surface area (Å²) >= 11 is 5.86. The standard InChI is InChI=1S/C21H20ClN5O3/c1-29-17-7-14(9-27-10-18-19(23)24-21(22)25-20(18)26-27)5-15(8-17)12-30-16-4-2-3-13(6-16)11-28/h2-8,10,28H,9,11-12H2,1H3,(H2,23,24,25,26). The Morgan fingerprint density at radius 2 is 1.87 bits per heavy atom. The minimum Gasteiger partial charge on any atom is -0.497 e. The van der Waals surface area contributed by atoms with E-state index in [0.717, 1.165) is 16.7 Å². The second-order valence-electron chi connectivity index (χ2n) is 6.73. The number of anilines is 1. The van der Waals surface area contributed by atoms with Gasteiger partial charge in [0, 0.05) is 6.20 Å². The van der Waals surface area contributed by atoms with Crippen LogP contribution in [0.25, 0.3) is 11.0 Å². The molecule has 0 aliphatic carbocycles. The van der Waals surface area contributed by atoms with E-state index in [2.05, 4.69) is 15.1 Å². The second-order valence-corrected chi connectivity index (χ2v) is 7.06. The molecule has 0 atom stereocenters. The van der Waals surface area contributed by atoms with Crippen molar-refractivity contribution in [3.8, 4) is 11.5 Å². The SMILES string of the molecule is COc1cc(COc2cccc(CO)c2)cc(Cn2cc3c(N)nc(Cl)nc3n2)c1. The molecule has 30 heavy (non-hydrogen) atoms. The molecule has 0 aliphatic rings. The van der Waals surface area contributed by atoms with Crippen molar-refractivity contribution < 1.29 is 14.6 Å². The van der Waals surface area contributed by atoms with Gasteiger partial charge in [0.2, 0.25) is 5.28 Å². The van der Waals surface area contributed by atoms with E-state index in [1.54, 1.807) is 18.0 Å². The number of aliphatic hydroxyl groups is 1. The number of fused-ring (bicyclic) bond motifs is 1. The fourth-order valence-electron chi connectivity index (χ4n) is 3.14. The summed E-state index contributed by atoms with van der Waals surface area (Å²) < 4.78 is 13.0. The van der Waals surface area contributed by atoms with Crippen LogP contribution in [0.5, 0.6) is 11.5 Å². The van der Waals surface area contributed by atoms with Crippen molar-refractivity contribution in [3.63, 3.8) is 0 Å². The Bertz CT molecular complexity index is 1190. The summed E-state index contributed by atoms with van der Waals surface area (Å²) in [7, 11) is 1.62. The number of hydrogen-bond acceptors (Lipinski definition) is 7. The lowest BCUT2D eigenvalue weighted by molar-refractivity contribution is 0.278. The van der Waals surface area contributed by atoms with Crippen LogP contribution in [0.15, 0.2) is 48.7 Å². The Balaban J connectivity index is 1.56. The number of hydrogen-bond donors (Lipinski definition) is 2. The quantitative estimate of drug-likeness (QED) is 0.437. The maximum Gasteiger partial charge on any atom is 0.226 e. The third-order valence-electron chi connectivity index (χ3n) is 4.52. The van der Waals surface area contributed by atoms with Crippen molar-refractivity contribution in [2.75, 3.05) is 12.8 Å². The number of methoxy groups -OCH3 is 1. The molecule has 2 aromatic heterocycles. The van der Waals surface area contributed by atoms with Crippen molar-refractivity contribution in [1.82, 2.24) is 19.7 Å². The predicted molar refractivity (Wildman–Crippen MR) is 114 cm³/mol. The largest absolute Gasteiger partial charge is 0.497 e. The van der Waals surface area contributed by atoms with Gasteiger partial charge in [-0.2, -0.15) is 10.1 Å². The second kappa shape index (κ2) is 8.56. The number of nitrogens with two attached hydrogens (primary N) is 1. The van der Waals surface area contributed by atoms with Crippen molar-refractivity contribution in [1.29, 1.82) is 0 Å². The lowest BCUT2D eigenvalue weighted by atomic mass is 10.1. The molecule has 2 heterocycles. The summed E-state index contributed by atoms with van der Waals surface area (Å²) in [6, 6.07) is 13.2. The zero-order valence-electron chi connectivity index (χ0n) is 16.2. The fourth-order valence-corrected chi connectivity index (χ4v) is 3.31. The van der Waals surface area contributed by atoms with Gasteiger partial charge in [-0.15, -0.1) is 0 Å². The van der Waals surface area contributed by atoms with Gasteiger partial charge in [0.05, 0.1) is 25.6 Å². The van der Waals surface area contributed by atoms with Gasteiger partial charge >= 0.3 is 0 Å². The highest BCUT2D eigenvalue weighted by atomic mass is 35.5. The van der Waals surface area contributed by atoms with Crippen LogP contribution in [-0.4, -0.2) is 32.0 Å². The van der Waals surface area contributed by atoms with E-state index >= 15 is 0 Å². The van der Waals surface area contributed by atoms with Crippen LogP contribution < -0.4 is 15.2 Å². The molecular formula is C21H20ClN5O3. The van der Waals surface area contributed by atoms with Crippen LogP contribution in [-0.2, 0) is 19.8 Å². The Kier molecular flexibility index (Phi) is 5.69. The predicted octanol–water partition coefficient (Wildman–Crippen LogP) is 3.19. The molecule has 0 radical (unpaired) electrons. The molecule has 0 spiro atoms. The first kappa shape index (κ1) is 19.9. The maximum atomic E-state index is 9.27. The Morgan fingerprint density at radius 3 is 2.67 bits per heavy atom. The molecule has 0 aliphatic heterocycles. The number of ether oxygens (including phenoxy) is 2. The van der Waals surface area contributed by atoms with Crippen molar-refractivity contribution in [3.05, 3.63) is 70.6 Å². The minimum absolute atomic E-state index is 0.0289. The average Bonchev–Trinajstić information content (AvgIpc) is 3.14. The highest BCUT2D eigenvalue weighted by molar-refractivity contribution is 6.28. The number of halogens is 1. The van der Waals surface area contributed by atoms with Gasteiger partial charge in [-0.25, -0.2) is 4.98 Å². The van der Waals surface area contributed by atoms with Crippen molar-refractivity contribution >= 4 is 28.5 Å². The monoisotopic (exact) mass is 425 g/mol. The zero-order valence-corrected chi connectivity index (χ0v) is 17.0. The lowest BCUT2D eigenvalue weighted by Crippen LogP contribution is -2.03. The van der Waals surface area contributed by atoms with E-state index in [4.69, 9.17) is 26.8 Å². The van der Waals surface area contributed by atoms with Crippen molar-refractivity contribution in [2.45, 2.75) is 19.8 Å². The lowest BCUT2D eigenvalue weighted by Gasteiger charge is -2.11. The number of nitrogen functional groups attached to an aromatic ring is 1. The first-order chi connectivity index (χ1) is 14.5. The molecule has 0 saturated carbocycles. The molecule has 0 fully saturated rings. The van der Waals surface area contributed by atoms with Gasteiger partial charge in [0.15, 0.2) is 5.65 Å². The summed E-state index contributed by atoms with van der Waals surface area (Å²) in [6.45, 7) is 0.810. The van der Waals surface area contributed by atoms with Crippen LogP contribution in [0.2, 0.25) is 5.28 Å². The maximum absolute atomic E-state index is 9.27. The molecule has 0 bridgehead atoms. The van der Waals surface area contributed by atoms with Gasteiger partial charge in [0.25, 0.3) is 0 Å². The van der Waals surface area contributed by atoms with Crippen LogP contribution >= 0.6 is 11.6 Å². The molecule has 8 nitrogen and oxygen atoms in total. The highest BCUT2D eigenvalue weighted by Crippen LogP contribution is 2.22. The van der Waals surface area contributed by atoms with Crippen LogP contribution in [0.1, 0.15) is 16.7 Å². The van der Waals surface area contributed by atoms with E-state index in [9.17, 15) is 5.11 Å². The summed E-state index contributed by atoms with van der Waals surface area (Å²) in [4.78, 5) is 8.06. The van der Waals surface area contributed by atoms with Gasteiger partial charge in [-0.3, -0.25) is 4.68 Å². The van der Waals surface area contributed by atoms with Crippen LogP contribution in [0, 0.1) is 0 Å². The number of nitrogens with zero attached hydrogens (tertiary/aromatic N) is 4. The van der Waals surface area contributed by atoms with E-state index in [-0.39, 0.29) is 11.9 Å². The first-order valence-corrected chi connectivity index (χ1v) is 9.57. The zero-order chi connectivity index (χ0) is 21.1. The summed E-state index contributed by atoms with van der Waals surface area (Å²) in [5.74, 6) is 1.70. The summed E-state index contributed by atoms with van der Waals surface area (Å²) in [6.07, 6.45) is 1.79. The topological polar surface area (TPSA) is 108 Å². The molecule has 2 aromatic carbocycles. The fraction of sp³-hybridized carbons (Fsp3) is 0.190. The third-order valence-corrected chi connectivity index (χ3v) is 4.69.